The lowest BCUT2D eigenvalue weighted by Crippen LogP contribution is -2.12. The van der Waals surface area contributed by atoms with Crippen LogP contribution >= 0.6 is 11.6 Å². The number of rotatable bonds is 4. The number of benzene rings is 2. The van der Waals surface area contributed by atoms with Crippen LogP contribution in [0.25, 0.3) is 33.7 Å². The maximum atomic E-state index is 6.51. The topological polar surface area (TPSA) is 143 Å². The predicted molar refractivity (Wildman–Crippen MR) is 126 cm³/mol. The zero-order valence-electron chi connectivity index (χ0n) is 17.8. The van der Waals surface area contributed by atoms with E-state index in [0.717, 1.165) is 16.6 Å². The first-order valence-electron chi connectivity index (χ1n) is 10.2. The SMILES string of the molecule is Cc1nnc(-c2c(N)nc(C(C)c3nc4ccccc4nc3-c3ccccc3Cl)nc2N)o1. The minimum absolute atomic E-state index is 0.140. The molecule has 1 atom stereocenters. The Morgan fingerprint density at radius 1 is 0.848 bits per heavy atom. The molecular formula is C23H19ClN8O. The highest BCUT2D eigenvalue weighted by molar-refractivity contribution is 6.33. The highest BCUT2D eigenvalue weighted by atomic mass is 35.5. The summed E-state index contributed by atoms with van der Waals surface area (Å²) in [7, 11) is 0. The number of aromatic nitrogens is 6. The smallest absolute Gasteiger partial charge is 0.255 e. The third kappa shape index (κ3) is 3.72. The summed E-state index contributed by atoms with van der Waals surface area (Å²) in [5.41, 5.74) is 16.3. The Morgan fingerprint density at radius 2 is 1.48 bits per heavy atom. The molecule has 3 aromatic heterocycles. The fourth-order valence-corrected chi connectivity index (χ4v) is 3.84. The molecule has 0 fully saturated rings. The summed E-state index contributed by atoms with van der Waals surface area (Å²) in [4.78, 5) is 18.7. The van der Waals surface area contributed by atoms with Crippen molar-refractivity contribution < 1.29 is 4.42 Å². The van der Waals surface area contributed by atoms with E-state index in [1.54, 1.807) is 6.92 Å². The Bertz CT molecular complexity index is 1480. The molecule has 0 bridgehead atoms. The molecule has 0 aliphatic heterocycles. The predicted octanol–water partition coefficient (Wildman–Crippen LogP) is 4.41. The molecule has 0 saturated carbocycles. The minimum Gasteiger partial charge on any atom is -0.421 e. The van der Waals surface area contributed by atoms with Gasteiger partial charge in [-0.2, -0.15) is 0 Å². The minimum atomic E-state index is -0.392. The van der Waals surface area contributed by atoms with Crippen LogP contribution in [0, 0.1) is 6.92 Å². The molecule has 10 heteroatoms. The second-order valence-electron chi connectivity index (χ2n) is 7.50. The zero-order chi connectivity index (χ0) is 23.1. The van der Waals surface area contributed by atoms with Gasteiger partial charge in [-0.3, -0.25) is 0 Å². The van der Waals surface area contributed by atoms with Crippen LogP contribution in [0.2, 0.25) is 5.02 Å². The molecule has 2 aromatic carbocycles. The van der Waals surface area contributed by atoms with Gasteiger partial charge in [-0.25, -0.2) is 19.9 Å². The number of halogens is 1. The summed E-state index contributed by atoms with van der Waals surface area (Å²) in [6, 6.07) is 15.1. The van der Waals surface area contributed by atoms with Crippen molar-refractivity contribution in [3.63, 3.8) is 0 Å². The van der Waals surface area contributed by atoms with E-state index in [0.29, 0.717) is 33.7 Å². The normalized spacial score (nSPS) is 12.2. The van der Waals surface area contributed by atoms with Crippen LogP contribution in [0.15, 0.2) is 52.9 Å². The van der Waals surface area contributed by atoms with Crippen LogP contribution < -0.4 is 11.5 Å². The first-order chi connectivity index (χ1) is 15.9. The second-order valence-corrected chi connectivity index (χ2v) is 7.91. The number of fused-ring (bicyclic) bond motifs is 1. The molecule has 164 valence electrons. The first-order valence-corrected chi connectivity index (χ1v) is 10.5. The van der Waals surface area contributed by atoms with Crippen LogP contribution in [0.1, 0.15) is 30.3 Å². The fourth-order valence-electron chi connectivity index (χ4n) is 3.61. The number of nitrogens with zero attached hydrogens (tertiary/aromatic N) is 6. The van der Waals surface area contributed by atoms with E-state index in [2.05, 4.69) is 20.2 Å². The average molecular weight is 459 g/mol. The van der Waals surface area contributed by atoms with Gasteiger partial charge in [0.05, 0.1) is 33.4 Å². The van der Waals surface area contributed by atoms with Gasteiger partial charge in [0.15, 0.2) is 0 Å². The number of nitrogens with two attached hydrogens (primary N) is 2. The molecule has 1 unspecified atom stereocenters. The summed E-state index contributed by atoms with van der Waals surface area (Å²) in [5.74, 6) is 0.836. The van der Waals surface area contributed by atoms with Gasteiger partial charge in [0.25, 0.3) is 5.89 Å². The van der Waals surface area contributed by atoms with Crippen molar-refractivity contribution in [2.45, 2.75) is 19.8 Å². The van der Waals surface area contributed by atoms with Gasteiger partial charge in [-0.1, -0.05) is 41.9 Å². The lowest BCUT2D eigenvalue weighted by Gasteiger charge is -2.17. The van der Waals surface area contributed by atoms with Gasteiger partial charge >= 0.3 is 0 Å². The van der Waals surface area contributed by atoms with Crippen LogP contribution in [-0.4, -0.2) is 30.1 Å². The molecule has 9 nitrogen and oxygen atoms in total. The second kappa shape index (κ2) is 8.10. The maximum Gasteiger partial charge on any atom is 0.255 e. The number of para-hydroxylation sites is 2. The van der Waals surface area contributed by atoms with E-state index in [-0.39, 0.29) is 17.5 Å². The van der Waals surface area contributed by atoms with Crippen LogP contribution in [0.3, 0.4) is 0 Å². The lowest BCUT2D eigenvalue weighted by atomic mass is 9.99. The quantitative estimate of drug-likeness (QED) is 0.400. The average Bonchev–Trinajstić information content (AvgIpc) is 3.23. The van der Waals surface area contributed by atoms with Crippen molar-refractivity contribution in [1.82, 2.24) is 30.1 Å². The van der Waals surface area contributed by atoms with E-state index < -0.39 is 5.92 Å². The first kappa shape index (κ1) is 20.8. The highest BCUT2D eigenvalue weighted by Crippen LogP contribution is 2.36. The van der Waals surface area contributed by atoms with Gasteiger partial charge in [0.1, 0.15) is 23.0 Å². The summed E-state index contributed by atoms with van der Waals surface area (Å²) in [6.07, 6.45) is 0. The number of anilines is 2. The molecule has 3 heterocycles. The summed E-state index contributed by atoms with van der Waals surface area (Å²) < 4.78 is 5.46. The van der Waals surface area contributed by atoms with Crippen LogP contribution in [0.4, 0.5) is 11.6 Å². The molecule has 0 saturated heterocycles. The van der Waals surface area contributed by atoms with Crippen molar-refractivity contribution in [2.24, 2.45) is 0 Å². The van der Waals surface area contributed by atoms with E-state index in [1.807, 2.05) is 55.5 Å². The Labute approximate surface area is 193 Å². The molecule has 4 N–H and O–H groups in total. The maximum absolute atomic E-state index is 6.51. The van der Waals surface area contributed by atoms with Gasteiger partial charge in [-0.15, -0.1) is 10.2 Å². The van der Waals surface area contributed by atoms with E-state index in [9.17, 15) is 0 Å². The molecule has 0 aliphatic carbocycles. The number of hydrogen-bond donors (Lipinski definition) is 2. The van der Waals surface area contributed by atoms with Gasteiger partial charge < -0.3 is 15.9 Å². The summed E-state index contributed by atoms with van der Waals surface area (Å²) in [5, 5.41) is 8.36. The molecule has 0 aliphatic rings. The highest BCUT2D eigenvalue weighted by Gasteiger charge is 2.25. The van der Waals surface area contributed by atoms with Gasteiger partial charge in [0, 0.05) is 12.5 Å². The van der Waals surface area contributed by atoms with Crippen LogP contribution in [-0.2, 0) is 0 Å². The third-order valence-corrected chi connectivity index (χ3v) is 5.58. The third-order valence-electron chi connectivity index (χ3n) is 5.25. The van der Waals surface area contributed by atoms with Crippen molar-refractivity contribution in [3.05, 3.63) is 71.0 Å². The largest absolute Gasteiger partial charge is 0.421 e. The fraction of sp³-hybridized carbons (Fsp3) is 0.130. The standard InChI is InChI=1S/C23H19ClN8O/c1-11(22-29-20(25)17(21(26)30-22)23-32-31-12(2)33-23)18-19(13-7-3-4-8-14(13)24)28-16-10-6-5-9-15(16)27-18/h3-11H,1-2H3,(H4,25,26,29,30). The van der Waals surface area contributed by atoms with Crippen molar-refractivity contribution >= 4 is 34.3 Å². The Hall–Kier alpha value is -4.11. The Kier molecular flexibility index (Phi) is 5.10. The summed E-state index contributed by atoms with van der Waals surface area (Å²) in [6.45, 7) is 3.60. The molecule has 0 spiro atoms. The molecular weight excluding hydrogens is 440 g/mol. The van der Waals surface area contributed by atoms with Crippen molar-refractivity contribution in [2.75, 3.05) is 11.5 Å². The molecule has 5 aromatic rings. The van der Waals surface area contributed by atoms with Crippen molar-refractivity contribution in [3.8, 4) is 22.7 Å². The molecule has 0 radical (unpaired) electrons. The Morgan fingerprint density at radius 3 is 2.12 bits per heavy atom. The van der Waals surface area contributed by atoms with E-state index in [4.69, 9.17) is 37.5 Å². The van der Waals surface area contributed by atoms with Crippen LogP contribution in [0.5, 0.6) is 0 Å². The number of nitrogen functional groups attached to an aromatic ring is 2. The molecule has 0 amide bonds. The van der Waals surface area contributed by atoms with E-state index >= 15 is 0 Å². The lowest BCUT2D eigenvalue weighted by molar-refractivity contribution is 0.532. The van der Waals surface area contributed by atoms with Gasteiger partial charge in [0.2, 0.25) is 5.89 Å². The molecule has 33 heavy (non-hydrogen) atoms. The monoisotopic (exact) mass is 458 g/mol. The number of aryl methyl sites for hydroxylation is 1. The molecule has 5 rings (SSSR count). The summed E-state index contributed by atoms with van der Waals surface area (Å²) >= 11 is 6.51. The zero-order valence-corrected chi connectivity index (χ0v) is 18.6. The van der Waals surface area contributed by atoms with Crippen molar-refractivity contribution in [1.29, 1.82) is 0 Å². The number of hydrogen-bond acceptors (Lipinski definition) is 9. The Balaban J connectivity index is 1.68. The van der Waals surface area contributed by atoms with Gasteiger partial charge in [-0.05, 0) is 25.1 Å². The van der Waals surface area contributed by atoms with E-state index in [1.165, 1.54) is 0 Å².